The Kier molecular flexibility index (Phi) is 6.73. The van der Waals surface area contributed by atoms with Crippen molar-refractivity contribution in [3.63, 3.8) is 0 Å². The molecule has 5 nitrogen and oxygen atoms in total. The first kappa shape index (κ1) is 19.5. The van der Waals surface area contributed by atoms with Crippen LogP contribution in [0.5, 0.6) is 5.75 Å². The van der Waals surface area contributed by atoms with Crippen LogP contribution in [0, 0.1) is 0 Å². The second-order valence-electron chi connectivity index (χ2n) is 5.62. The Balaban J connectivity index is 1.63. The summed E-state index contributed by atoms with van der Waals surface area (Å²) in [5, 5.41) is 8.01. The molecular formula is C21H16ClN3O2S. The molecule has 3 aromatic carbocycles. The molecule has 3 rings (SSSR count). The summed E-state index contributed by atoms with van der Waals surface area (Å²) in [6.07, 6.45) is 1.53. The Morgan fingerprint density at radius 2 is 1.64 bits per heavy atom. The second-order valence-corrected chi connectivity index (χ2v) is 6.47. The van der Waals surface area contributed by atoms with Gasteiger partial charge in [0, 0.05) is 16.3 Å². The minimum atomic E-state index is -0.480. The van der Waals surface area contributed by atoms with E-state index < -0.39 is 5.97 Å². The van der Waals surface area contributed by atoms with Crippen molar-refractivity contribution in [3.8, 4) is 5.75 Å². The highest BCUT2D eigenvalue weighted by atomic mass is 35.5. The molecule has 0 saturated heterocycles. The quantitative estimate of drug-likeness (QED) is 0.207. The molecule has 0 aromatic heterocycles. The predicted octanol–water partition coefficient (Wildman–Crippen LogP) is 4.88. The van der Waals surface area contributed by atoms with Crippen LogP contribution in [-0.2, 0) is 0 Å². The summed E-state index contributed by atoms with van der Waals surface area (Å²) in [5.74, 6) is -0.0957. The van der Waals surface area contributed by atoms with E-state index in [0.29, 0.717) is 27.0 Å². The van der Waals surface area contributed by atoms with Gasteiger partial charge in [-0.25, -0.2) is 4.79 Å². The number of thiocarbonyl (C=S) groups is 1. The molecule has 0 saturated carbocycles. The Labute approximate surface area is 173 Å². The zero-order chi connectivity index (χ0) is 19.8. The monoisotopic (exact) mass is 409 g/mol. The zero-order valence-corrected chi connectivity index (χ0v) is 16.2. The summed E-state index contributed by atoms with van der Waals surface area (Å²) < 4.78 is 5.48. The summed E-state index contributed by atoms with van der Waals surface area (Å²) >= 11 is 11.0. The number of rotatable bonds is 5. The number of nitrogens with zero attached hydrogens (tertiary/aromatic N) is 1. The molecule has 0 spiro atoms. The van der Waals surface area contributed by atoms with Crippen LogP contribution in [-0.4, -0.2) is 17.3 Å². The molecule has 0 atom stereocenters. The smallest absolute Gasteiger partial charge is 0.343 e. The highest BCUT2D eigenvalue weighted by molar-refractivity contribution is 7.80. The zero-order valence-electron chi connectivity index (χ0n) is 14.6. The first-order valence-corrected chi connectivity index (χ1v) is 9.12. The fraction of sp³-hybridized carbons (Fsp3) is 0. The third-order valence-corrected chi connectivity index (χ3v) is 4.05. The van der Waals surface area contributed by atoms with Gasteiger partial charge in [-0.05, 0) is 60.7 Å². The lowest BCUT2D eigenvalue weighted by Gasteiger charge is -2.08. The molecule has 2 N–H and O–H groups in total. The fourth-order valence-corrected chi connectivity index (χ4v) is 2.56. The number of para-hydroxylation sites is 2. The van der Waals surface area contributed by atoms with E-state index in [9.17, 15) is 4.79 Å². The maximum absolute atomic E-state index is 12.3. The standard InChI is InChI=1S/C21H16ClN3O2S/c22-17-12-10-15(11-13-17)20(26)27-19-9-5-4-6-16(19)14-23-25-21(28)24-18-7-2-1-3-8-18/h1-14H,(H2,24,25,28)/b23-14+. The van der Waals surface area contributed by atoms with Crippen LogP contribution < -0.4 is 15.5 Å². The van der Waals surface area contributed by atoms with Crippen molar-refractivity contribution in [2.45, 2.75) is 0 Å². The van der Waals surface area contributed by atoms with Crippen molar-refractivity contribution in [3.05, 3.63) is 95.0 Å². The van der Waals surface area contributed by atoms with E-state index in [0.717, 1.165) is 5.69 Å². The van der Waals surface area contributed by atoms with E-state index >= 15 is 0 Å². The first-order chi connectivity index (χ1) is 13.6. The lowest BCUT2D eigenvalue weighted by molar-refractivity contribution is 0.0734. The number of esters is 1. The maximum Gasteiger partial charge on any atom is 0.343 e. The molecule has 140 valence electrons. The summed E-state index contributed by atoms with van der Waals surface area (Å²) in [6, 6.07) is 23.1. The van der Waals surface area contributed by atoms with Gasteiger partial charge in [0.25, 0.3) is 0 Å². The van der Waals surface area contributed by atoms with E-state index in [1.54, 1.807) is 42.5 Å². The highest BCUT2D eigenvalue weighted by Crippen LogP contribution is 2.18. The molecule has 3 aromatic rings. The number of hydrogen-bond acceptors (Lipinski definition) is 4. The minimum Gasteiger partial charge on any atom is -0.422 e. The Morgan fingerprint density at radius 3 is 2.39 bits per heavy atom. The summed E-state index contributed by atoms with van der Waals surface area (Å²) in [7, 11) is 0. The number of benzene rings is 3. The number of halogens is 1. The van der Waals surface area contributed by atoms with Gasteiger partial charge in [-0.15, -0.1) is 0 Å². The van der Waals surface area contributed by atoms with E-state index in [2.05, 4.69) is 15.8 Å². The van der Waals surface area contributed by atoms with Gasteiger partial charge >= 0.3 is 5.97 Å². The largest absolute Gasteiger partial charge is 0.422 e. The topological polar surface area (TPSA) is 62.7 Å². The molecule has 0 heterocycles. The van der Waals surface area contributed by atoms with Crippen LogP contribution in [0.4, 0.5) is 5.69 Å². The lowest BCUT2D eigenvalue weighted by Crippen LogP contribution is -2.23. The predicted molar refractivity (Wildman–Crippen MR) is 116 cm³/mol. The van der Waals surface area contributed by atoms with Crippen molar-refractivity contribution < 1.29 is 9.53 Å². The van der Waals surface area contributed by atoms with Gasteiger partial charge in [0.1, 0.15) is 5.75 Å². The molecule has 0 unspecified atom stereocenters. The van der Waals surface area contributed by atoms with Crippen LogP contribution in [0.2, 0.25) is 5.02 Å². The SMILES string of the molecule is O=C(Oc1ccccc1/C=N/NC(=S)Nc1ccccc1)c1ccc(Cl)cc1. The van der Waals surface area contributed by atoms with Gasteiger partial charge in [-0.3, -0.25) is 5.43 Å². The minimum absolute atomic E-state index is 0.345. The highest BCUT2D eigenvalue weighted by Gasteiger charge is 2.10. The van der Waals surface area contributed by atoms with Gasteiger partial charge in [-0.1, -0.05) is 41.9 Å². The van der Waals surface area contributed by atoms with E-state index in [1.807, 2.05) is 36.4 Å². The van der Waals surface area contributed by atoms with Crippen LogP contribution in [0.25, 0.3) is 0 Å². The number of carbonyl (C=O) groups excluding carboxylic acids is 1. The Morgan fingerprint density at radius 1 is 0.964 bits per heavy atom. The van der Waals surface area contributed by atoms with Crippen molar-refractivity contribution in [1.29, 1.82) is 0 Å². The summed E-state index contributed by atoms with van der Waals surface area (Å²) in [6.45, 7) is 0. The molecule has 0 amide bonds. The van der Waals surface area contributed by atoms with Gasteiger partial charge in [0.15, 0.2) is 5.11 Å². The van der Waals surface area contributed by atoms with E-state index in [4.69, 9.17) is 28.6 Å². The summed E-state index contributed by atoms with van der Waals surface area (Å²) in [5.41, 5.74) is 4.62. The maximum atomic E-state index is 12.3. The van der Waals surface area contributed by atoms with Crippen LogP contribution in [0.3, 0.4) is 0 Å². The van der Waals surface area contributed by atoms with Crippen molar-refractivity contribution in [1.82, 2.24) is 5.43 Å². The molecular weight excluding hydrogens is 394 g/mol. The van der Waals surface area contributed by atoms with Crippen molar-refractivity contribution in [2.24, 2.45) is 5.10 Å². The van der Waals surface area contributed by atoms with Gasteiger partial charge in [0.2, 0.25) is 0 Å². The average molecular weight is 410 g/mol. The molecule has 0 bridgehead atoms. The number of hydrogen-bond donors (Lipinski definition) is 2. The van der Waals surface area contributed by atoms with Crippen molar-refractivity contribution >= 4 is 46.8 Å². The average Bonchev–Trinajstić information content (AvgIpc) is 2.70. The van der Waals surface area contributed by atoms with Gasteiger partial charge < -0.3 is 10.1 Å². The molecule has 0 aliphatic heterocycles. The Bertz CT molecular complexity index is 992. The molecule has 7 heteroatoms. The van der Waals surface area contributed by atoms with E-state index in [1.165, 1.54) is 6.21 Å². The van der Waals surface area contributed by atoms with Crippen molar-refractivity contribution in [2.75, 3.05) is 5.32 Å². The van der Waals surface area contributed by atoms with E-state index in [-0.39, 0.29) is 0 Å². The first-order valence-electron chi connectivity index (χ1n) is 8.34. The second kappa shape index (κ2) is 9.64. The molecule has 0 radical (unpaired) electrons. The van der Waals surface area contributed by atoms with Gasteiger partial charge in [0.05, 0.1) is 11.8 Å². The Hall–Kier alpha value is -3.22. The number of anilines is 1. The number of carbonyl (C=O) groups is 1. The third-order valence-electron chi connectivity index (χ3n) is 3.60. The van der Waals surface area contributed by atoms with Gasteiger partial charge in [-0.2, -0.15) is 5.10 Å². The number of hydrazone groups is 1. The fourth-order valence-electron chi connectivity index (χ4n) is 2.27. The molecule has 28 heavy (non-hydrogen) atoms. The third kappa shape index (κ3) is 5.64. The normalized spacial score (nSPS) is 10.5. The summed E-state index contributed by atoms with van der Waals surface area (Å²) in [4.78, 5) is 12.3. The molecule has 0 fully saturated rings. The lowest BCUT2D eigenvalue weighted by atomic mass is 10.2. The number of ether oxygens (including phenoxy) is 1. The number of nitrogens with one attached hydrogen (secondary N) is 2. The van der Waals surface area contributed by atoms with Crippen LogP contribution >= 0.6 is 23.8 Å². The molecule has 0 aliphatic rings. The molecule has 0 aliphatic carbocycles. The van der Waals surface area contributed by atoms with Crippen LogP contribution in [0.1, 0.15) is 15.9 Å². The van der Waals surface area contributed by atoms with Crippen LogP contribution in [0.15, 0.2) is 84.0 Å².